The van der Waals surface area contributed by atoms with Gasteiger partial charge in [0.05, 0.1) is 11.0 Å². The fourth-order valence-corrected chi connectivity index (χ4v) is 3.19. The first-order chi connectivity index (χ1) is 13.4. The molecule has 7 nitrogen and oxygen atoms in total. The van der Waals surface area contributed by atoms with Crippen molar-refractivity contribution >= 4 is 33.7 Å². The minimum absolute atomic E-state index is 0.203. The van der Waals surface area contributed by atoms with Crippen molar-refractivity contribution in [3.63, 3.8) is 0 Å². The van der Waals surface area contributed by atoms with Crippen molar-refractivity contribution in [1.29, 1.82) is 0 Å². The summed E-state index contributed by atoms with van der Waals surface area (Å²) in [5, 5.41) is 3.79. The third-order valence-corrected chi connectivity index (χ3v) is 4.91. The molecular formula is C20H20N2O5S. The number of amides is 1. The first kappa shape index (κ1) is 19.6. The summed E-state index contributed by atoms with van der Waals surface area (Å²) < 4.78 is 31.6. The van der Waals surface area contributed by atoms with E-state index in [1.54, 1.807) is 12.1 Å². The topological polar surface area (TPSA) is 102 Å². The fraction of sp³-hybridized carbons (Fsp3) is 0.200. The third-order valence-electron chi connectivity index (χ3n) is 3.90. The predicted molar refractivity (Wildman–Crippen MR) is 106 cm³/mol. The molecule has 0 heterocycles. The van der Waals surface area contributed by atoms with Gasteiger partial charge in [0, 0.05) is 11.7 Å². The monoisotopic (exact) mass is 400 g/mol. The van der Waals surface area contributed by atoms with Gasteiger partial charge in [0.1, 0.15) is 0 Å². The van der Waals surface area contributed by atoms with Crippen LogP contribution in [0, 0.1) is 0 Å². The van der Waals surface area contributed by atoms with E-state index < -0.39 is 16.0 Å². The van der Waals surface area contributed by atoms with Crippen LogP contribution in [0.3, 0.4) is 0 Å². The Hall–Kier alpha value is -3.13. The largest absolute Gasteiger partial charge is 0.452 e. The second-order valence-electron chi connectivity index (χ2n) is 6.36. The van der Waals surface area contributed by atoms with Crippen LogP contribution in [0.25, 0.3) is 6.08 Å². The maximum atomic E-state index is 12.1. The Bertz CT molecular complexity index is 965. The van der Waals surface area contributed by atoms with Crippen LogP contribution in [-0.2, 0) is 19.6 Å². The summed E-state index contributed by atoms with van der Waals surface area (Å²) in [5.74, 6) is -0.977. The number of ether oxygens (including phenoxy) is 1. The van der Waals surface area contributed by atoms with Gasteiger partial charge in [0.25, 0.3) is 15.9 Å². The normalized spacial score (nSPS) is 13.9. The molecule has 0 unspecified atom stereocenters. The maximum Gasteiger partial charge on any atom is 0.338 e. The van der Waals surface area contributed by atoms with E-state index in [0.717, 1.165) is 23.8 Å². The molecule has 1 amide bonds. The molecule has 2 aromatic rings. The van der Waals surface area contributed by atoms with Gasteiger partial charge < -0.3 is 10.1 Å². The van der Waals surface area contributed by atoms with Gasteiger partial charge in [-0.15, -0.1) is 0 Å². The molecule has 0 spiro atoms. The minimum atomic E-state index is -3.69. The number of nitrogens with one attached hydrogen (secondary N) is 2. The average Bonchev–Trinajstić information content (AvgIpc) is 3.50. The van der Waals surface area contributed by atoms with Crippen molar-refractivity contribution in [2.45, 2.75) is 18.9 Å². The van der Waals surface area contributed by atoms with Crippen LogP contribution < -0.4 is 10.0 Å². The molecule has 1 aliphatic carbocycles. The van der Waals surface area contributed by atoms with Gasteiger partial charge in [-0.2, -0.15) is 0 Å². The summed E-state index contributed by atoms with van der Waals surface area (Å²) in [6, 6.07) is 15.0. The van der Waals surface area contributed by atoms with Gasteiger partial charge in [0.2, 0.25) is 0 Å². The summed E-state index contributed by atoms with van der Waals surface area (Å²) in [5.41, 5.74) is 1.29. The Balaban J connectivity index is 1.53. The van der Waals surface area contributed by atoms with E-state index in [1.165, 1.54) is 30.3 Å². The minimum Gasteiger partial charge on any atom is -0.452 e. The van der Waals surface area contributed by atoms with Crippen LogP contribution in [0.2, 0.25) is 0 Å². The highest BCUT2D eigenvalue weighted by atomic mass is 32.2. The van der Waals surface area contributed by atoms with Crippen LogP contribution in [0.15, 0.2) is 60.0 Å². The number of rotatable bonds is 8. The summed E-state index contributed by atoms with van der Waals surface area (Å²) in [6.45, 7) is -0.339. The molecular weight excluding hydrogens is 380 g/mol. The van der Waals surface area contributed by atoms with E-state index in [2.05, 4.69) is 10.0 Å². The Kier molecular flexibility index (Phi) is 6.10. The van der Waals surface area contributed by atoms with Gasteiger partial charge in [-0.25, -0.2) is 13.2 Å². The molecule has 3 rings (SSSR count). The first-order valence-corrected chi connectivity index (χ1v) is 10.3. The molecule has 1 fully saturated rings. The number of carbonyl (C=O) groups excluding carboxylic acids is 2. The highest BCUT2D eigenvalue weighted by Crippen LogP contribution is 2.18. The number of benzene rings is 2. The molecule has 1 saturated carbocycles. The third kappa shape index (κ3) is 6.24. The van der Waals surface area contributed by atoms with Gasteiger partial charge in [-0.05, 0) is 48.7 Å². The zero-order chi connectivity index (χ0) is 20.0. The van der Waals surface area contributed by atoms with Crippen LogP contribution in [0.4, 0.5) is 5.69 Å². The Morgan fingerprint density at radius 1 is 1.04 bits per heavy atom. The second-order valence-corrected chi connectivity index (χ2v) is 7.92. The van der Waals surface area contributed by atoms with E-state index in [0.29, 0.717) is 5.69 Å². The molecule has 0 atom stereocenters. The van der Waals surface area contributed by atoms with Crippen LogP contribution >= 0.6 is 0 Å². The molecule has 1 aliphatic rings. The maximum absolute atomic E-state index is 12.1. The zero-order valence-electron chi connectivity index (χ0n) is 15.0. The molecule has 2 N–H and O–H groups in total. The smallest absolute Gasteiger partial charge is 0.338 e. The molecule has 2 aromatic carbocycles. The Labute approximate surface area is 163 Å². The van der Waals surface area contributed by atoms with Crippen molar-refractivity contribution in [2.24, 2.45) is 0 Å². The van der Waals surface area contributed by atoms with E-state index >= 15 is 0 Å². The lowest BCUT2D eigenvalue weighted by molar-refractivity contribution is -0.124. The quantitative estimate of drug-likeness (QED) is 0.663. The number of hydrogen-bond donors (Lipinski definition) is 2. The van der Waals surface area contributed by atoms with Crippen molar-refractivity contribution in [3.05, 3.63) is 71.1 Å². The highest BCUT2D eigenvalue weighted by Gasteiger charge is 2.23. The van der Waals surface area contributed by atoms with Crippen molar-refractivity contribution in [3.8, 4) is 0 Å². The summed E-state index contributed by atoms with van der Waals surface area (Å²) in [6.07, 6.45) is 3.40. The molecule has 0 aliphatic heterocycles. The number of hydrogen-bond acceptors (Lipinski definition) is 5. The number of sulfonamides is 1. The van der Waals surface area contributed by atoms with E-state index in [1.807, 2.05) is 18.2 Å². The van der Waals surface area contributed by atoms with Gasteiger partial charge in [-0.1, -0.05) is 30.3 Å². The summed E-state index contributed by atoms with van der Waals surface area (Å²) in [7, 11) is -3.69. The average molecular weight is 400 g/mol. The van der Waals surface area contributed by atoms with E-state index in [4.69, 9.17) is 4.74 Å². The molecule has 0 bridgehead atoms. The lowest BCUT2D eigenvalue weighted by Crippen LogP contribution is -2.30. The highest BCUT2D eigenvalue weighted by molar-refractivity contribution is 7.95. The fourth-order valence-electron chi connectivity index (χ4n) is 2.32. The van der Waals surface area contributed by atoms with Gasteiger partial charge >= 0.3 is 5.97 Å². The first-order valence-electron chi connectivity index (χ1n) is 8.74. The van der Waals surface area contributed by atoms with Crippen LogP contribution in [0.5, 0.6) is 0 Å². The van der Waals surface area contributed by atoms with E-state index in [9.17, 15) is 18.0 Å². The molecule has 28 heavy (non-hydrogen) atoms. The lowest BCUT2D eigenvalue weighted by atomic mass is 10.2. The predicted octanol–water partition coefficient (Wildman–Crippen LogP) is 2.53. The van der Waals surface area contributed by atoms with Crippen LogP contribution in [0.1, 0.15) is 28.8 Å². The van der Waals surface area contributed by atoms with Crippen molar-refractivity contribution < 1.29 is 22.7 Å². The number of carbonyl (C=O) groups is 2. The standard InChI is InChI=1S/C20H20N2O5S/c23-19(21-17-10-11-17)14-27-20(24)16-6-8-18(9-7-16)22-28(25,26)13-12-15-4-2-1-3-5-15/h1-9,12-13,17,22H,10-11,14H2,(H,21,23)/b13-12+. The molecule has 0 saturated heterocycles. The van der Waals surface area contributed by atoms with Gasteiger partial charge in [0.15, 0.2) is 6.61 Å². The van der Waals surface area contributed by atoms with E-state index in [-0.39, 0.29) is 24.1 Å². The zero-order valence-corrected chi connectivity index (χ0v) is 15.8. The molecule has 0 radical (unpaired) electrons. The second kappa shape index (κ2) is 8.71. The SMILES string of the molecule is O=C(COC(=O)c1ccc(NS(=O)(=O)/C=C/c2ccccc2)cc1)NC1CC1. The molecule has 8 heteroatoms. The summed E-state index contributed by atoms with van der Waals surface area (Å²) in [4.78, 5) is 23.5. The summed E-state index contributed by atoms with van der Waals surface area (Å²) >= 11 is 0. The van der Waals surface area contributed by atoms with Crippen LogP contribution in [-0.4, -0.2) is 32.9 Å². The Morgan fingerprint density at radius 3 is 2.36 bits per heavy atom. The lowest BCUT2D eigenvalue weighted by Gasteiger charge is -2.07. The van der Waals surface area contributed by atoms with Crippen molar-refractivity contribution in [1.82, 2.24) is 5.32 Å². The Morgan fingerprint density at radius 2 is 1.71 bits per heavy atom. The number of esters is 1. The van der Waals surface area contributed by atoms with Gasteiger partial charge in [-0.3, -0.25) is 9.52 Å². The molecule has 0 aromatic heterocycles. The number of anilines is 1. The molecule has 146 valence electrons. The van der Waals surface area contributed by atoms with Crippen molar-refractivity contribution in [2.75, 3.05) is 11.3 Å².